The van der Waals surface area contributed by atoms with Gasteiger partial charge in [0.15, 0.2) is 5.78 Å². The van der Waals surface area contributed by atoms with E-state index in [-0.39, 0.29) is 18.0 Å². The fraction of sp³-hybridized carbons (Fsp3) is 0.133. The van der Waals surface area contributed by atoms with Gasteiger partial charge in [0.25, 0.3) is 0 Å². The largest absolute Gasteiger partial charge is 0.508 e. The predicted molar refractivity (Wildman–Crippen MR) is 65.3 cm³/mol. The molecule has 1 aliphatic rings. The average Bonchev–Trinajstić information content (AvgIpc) is 2.66. The van der Waals surface area contributed by atoms with E-state index in [1.165, 1.54) is 24.3 Å². The summed E-state index contributed by atoms with van der Waals surface area (Å²) in [4.78, 5) is 11.9. The molecule has 0 amide bonds. The molecule has 1 atom stereocenters. The standard InChI is InChI=1S/C15H10F2O2/c16-8-1-3-11(14(17)5-8)12-7-15(19)13-6-9(18)2-4-10(12)13/h1-6,12,18H,7H2. The van der Waals surface area contributed by atoms with Gasteiger partial charge in [0.2, 0.25) is 0 Å². The molecule has 0 bridgehead atoms. The molecule has 0 aliphatic heterocycles. The zero-order valence-electron chi connectivity index (χ0n) is 9.86. The first-order valence-electron chi connectivity index (χ1n) is 5.87. The number of Topliss-reactive ketones (excluding diaryl/α,β-unsaturated/α-hetero) is 1. The van der Waals surface area contributed by atoms with Crippen LogP contribution in [0.4, 0.5) is 8.78 Å². The Morgan fingerprint density at radius 2 is 1.79 bits per heavy atom. The minimum atomic E-state index is -0.654. The second-order valence-corrected chi connectivity index (χ2v) is 4.62. The van der Waals surface area contributed by atoms with Gasteiger partial charge in [0.05, 0.1) is 0 Å². The van der Waals surface area contributed by atoms with Crippen LogP contribution in [0.15, 0.2) is 36.4 Å². The molecule has 0 aromatic heterocycles. The van der Waals surface area contributed by atoms with Crippen LogP contribution in [0.5, 0.6) is 5.75 Å². The first-order valence-corrected chi connectivity index (χ1v) is 5.87. The highest BCUT2D eigenvalue weighted by Gasteiger charge is 2.32. The number of fused-ring (bicyclic) bond motifs is 1. The Bertz CT molecular complexity index is 680. The van der Waals surface area contributed by atoms with Crippen molar-refractivity contribution in [2.24, 2.45) is 0 Å². The van der Waals surface area contributed by atoms with Crippen LogP contribution in [-0.2, 0) is 0 Å². The third-order valence-corrected chi connectivity index (χ3v) is 3.44. The molecule has 0 heterocycles. The third kappa shape index (κ3) is 1.89. The maximum atomic E-state index is 13.8. The van der Waals surface area contributed by atoms with Gasteiger partial charge >= 0.3 is 0 Å². The predicted octanol–water partition coefficient (Wildman–Crippen LogP) is 3.39. The highest BCUT2D eigenvalue weighted by atomic mass is 19.1. The number of halogens is 2. The summed E-state index contributed by atoms with van der Waals surface area (Å²) in [5.41, 5.74) is 1.39. The number of benzene rings is 2. The van der Waals surface area contributed by atoms with E-state index in [4.69, 9.17) is 0 Å². The molecule has 0 saturated carbocycles. The fourth-order valence-corrected chi connectivity index (χ4v) is 2.56. The van der Waals surface area contributed by atoms with Gasteiger partial charge < -0.3 is 5.11 Å². The molecule has 0 spiro atoms. The Hall–Kier alpha value is -2.23. The molecule has 3 rings (SSSR count). The maximum absolute atomic E-state index is 13.8. The molecule has 2 aromatic carbocycles. The summed E-state index contributed by atoms with van der Waals surface area (Å²) in [5, 5.41) is 9.39. The number of hydrogen-bond donors (Lipinski definition) is 1. The number of phenols is 1. The van der Waals surface area contributed by atoms with Crippen LogP contribution < -0.4 is 0 Å². The van der Waals surface area contributed by atoms with Gasteiger partial charge in [0, 0.05) is 24.0 Å². The molecule has 0 fully saturated rings. The van der Waals surface area contributed by atoms with Crippen molar-refractivity contribution in [1.82, 2.24) is 0 Å². The zero-order chi connectivity index (χ0) is 13.6. The molecule has 4 heteroatoms. The molecule has 19 heavy (non-hydrogen) atoms. The number of hydrogen-bond acceptors (Lipinski definition) is 2. The van der Waals surface area contributed by atoms with E-state index in [2.05, 4.69) is 0 Å². The minimum absolute atomic E-state index is 0.00679. The van der Waals surface area contributed by atoms with Crippen LogP contribution in [0.1, 0.15) is 33.8 Å². The zero-order valence-corrected chi connectivity index (χ0v) is 9.86. The van der Waals surface area contributed by atoms with Crippen molar-refractivity contribution in [3.05, 3.63) is 64.7 Å². The summed E-state index contributed by atoms with van der Waals surface area (Å²) in [6.07, 6.45) is 0.140. The van der Waals surface area contributed by atoms with Gasteiger partial charge in [-0.15, -0.1) is 0 Å². The van der Waals surface area contributed by atoms with Crippen molar-refractivity contribution in [2.75, 3.05) is 0 Å². The van der Waals surface area contributed by atoms with E-state index >= 15 is 0 Å². The molecule has 2 aromatic rings. The van der Waals surface area contributed by atoms with Gasteiger partial charge in [-0.05, 0) is 29.3 Å². The lowest BCUT2D eigenvalue weighted by molar-refractivity contribution is 0.0991. The molecule has 1 unspecified atom stereocenters. The van der Waals surface area contributed by atoms with Crippen LogP contribution in [-0.4, -0.2) is 10.9 Å². The van der Waals surface area contributed by atoms with Crippen molar-refractivity contribution < 1.29 is 18.7 Å². The molecular weight excluding hydrogens is 250 g/mol. The van der Waals surface area contributed by atoms with Crippen LogP contribution in [0, 0.1) is 11.6 Å². The molecule has 96 valence electrons. The number of phenolic OH excluding ortho intramolecular Hbond substituents is 1. The molecular formula is C15H10F2O2. The van der Waals surface area contributed by atoms with Crippen molar-refractivity contribution in [2.45, 2.75) is 12.3 Å². The van der Waals surface area contributed by atoms with Crippen molar-refractivity contribution in [3.63, 3.8) is 0 Å². The van der Waals surface area contributed by atoms with Gasteiger partial charge in [-0.25, -0.2) is 8.78 Å². The second-order valence-electron chi connectivity index (χ2n) is 4.62. The number of carbonyl (C=O) groups is 1. The molecule has 2 nitrogen and oxygen atoms in total. The summed E-state index contributed by atoms with van der Waals surface area (Å²) in [6, 6.07) is 7.83. The number of aromatic hydroxyl groups is 1. The lowest BCUT2D eigenvalue weighted by Gasteiger charge is -2.12. The SMILES string of the molecule is O=C1CC(c2ccc(F)cc2F)c2ccc(O)cc21. The highest BCUT2D eigenvalue weighted by molar-refractivity contribution is 6.02. The first kappa shape index (κ1) is 11.8. The minimum Gasteiger partial charge on any atom is -0.508 e. The normalized spacial score (nSPS) is 17.6. The molecule has 1 N–H and O–H groups in total. The van der Waals surface area contributed by atoms with Crippen molar-refractivity contribution in [3.8, 4) is 5.75 Å². The van der Waals surface area contributed by atoms with E-state index in [1.807, 2.05) is 0 Å². The first-order chi connectivity index (χ1) is 9.06. The number of rotatable bonds is 1. The Labute approximate surface area is 108 Å². The monoisotopic (exact) mass is 260 g/mol. The number of carbonyl (C=O) groups excluding carboxylic acids is 1. The smallest absolute Gasteiger partial charge is 0.164 e. The Kier molecular flexibility index (Phi) is 2.59. The quantitative estimate of drug-likeness (QED) is 0.853. The maximum Gasteiger partial charge on any atom is 0.164 e. The Morgan fingerprint density at radius 1 is 1.05 bits per heavy atom. The van der Waals surface area contributed by atoms with Crippen LogP contribution in [0.2, 0.25) is 0 Å². The van der Waals surface area contributed by atoms with Gasteiger partial charge in [0.1, 0.15) is 17.4 Å². The van der Waals surface area contributed by atoms with Crippen LogP contribution >= 0.6 is 0 Å². The van der Waals surface area contributed by atoms with Crippen LogP contribution in [0.3, 0.4) is 0 Å². The Morgan fingerprint density at radius 3 is 2.53 bits per heavy atom. The average molecular weight is 260 g/mol. The van der Waals surface area contributed by atoms with Crippen molar-refractivity contribution in [1.29, 1.82) is 0 Å². The Balaban J connectivity index is 2.12. The lowest BCUT2D eigenvalue weighted by atomic mass is 9.92. The molecule has 0 radical (unpaired) electrons. The summed E-state index contributed by atoms with van der Waals surface area (Å²) >= 11 is 0. The van der Waals surface area contributed by atoms with E-state index in [0.717, 1.165) is 6.07 Å². The van der Waals surface area contributed by atoms with Gasteiger partial charge in [-0.2, -0.15) is 0 Å². The lowest BCUT2D eigenvalue weighted by Crippen LogP contribution is -2.00. The van der Waals surface area contributed by atoms with E-state index in [9.17, 15) is 18.7 Å². The molecule has 1 aliphatic carbocycles. The summed E-state index contributed by atoms with van der Waals surface area (Å²) in [5.74, 6) is -1.84. The topological polar surface area (TPSA) is 37.3 Å². The van der Waals surface area contributed by atoms with Crippen molar-refractivity contribution >= 4 is 5.78 Å². The summed E-state index contributed by atoms with van der Waals surface area (Å²) < 4.78 is 26.7. The summed E-state index contributed by atoms with van der Waals surface area (Å²) in [7, 11) is 0. The second kappa shape index (κ2) is 4.16. The fourth-order valence-electron chi connectivity index (χ4n) is 2.56. The van der Waals surface area contributed by atoms with Crippen LogP contribution in [0.25, 0.3) is 0 Å². The third-order valence-electron chi connectivity index (χ3n) is 3.44. The summed E-state index contributed by atoms with van der Waals surface area (Å²) in [6.45, 7) is 0. The number of ketones is 1. The van der Waals surface area contributed by atoms with Gasteiger partial charge in [-0.1, -0.05) is 12.1 Å². The molecule has 0 saturated heterocycles. The van der Waals surface area contributed by atoms with E-state index in [1.54, 1.807) is 6.07 Å². The highest BCUT2D eigenvalue weighted by Crippen LogP contribution is 2.40. The van der Waals surface area contributed by atoms with Gasteiger partial charge in [-0.3, -0.25) is 4.79 Å². The van der Waals surface area contributed by atoms with E-state index < -0.39 is 17.6 Å². The van der Waals surface area contributed by atoms with E-state index in [0.29, 0.717) is 16.7 Å².